The summed E-state index contributed by atoms with van der Waals surface area (Å²) in [6.45, 7) is 5.63. The van der Waals surface area contributed by atoms with Crippen LogP contribution in [0, 0.1) is 11.8 Å². The van der Waals surface area contributed by atoms with Crippen LogP contribution in [0.1, 0.15) is 20.3 Å². The summed E-state index contributed by atoms with van der Waals surface area (Å²) in [7, 11) is 2.18. The van der Waals surface area contributed by atoms with Gasteiger partial charge in [0.25, 0.3) is 0 Å². The maximum absolute atomic E-state index is 2.35. The van der Waals surface area contributed by atoms with Crippen molar-refractivity contribution >= 4 is 0 Å². The highest BCUT2D eigenvalue weighted by atomic mass is 15.1. The first-order valence-electron chi connectivity index (χ1n) is 6.15. The number of likely N-dealkylation sites (N-methyl/N-ethyl adjacent to an activating group) is 1. The summed E-state index contributed by atoms with van der Waals surface area (Å²) in [6, 6.07) is 0. The molecule has 0 radical (unpaired) electrons. The Hall–Kier alpha value is -1.24. The Labute approximate surface area is 98.8 Å². The SMILES string of the molecule is CC1CC=CC2=C1[C@H](C)/C=C\C=C/CN2C. The highest BCUT2D eigenvalue weighted by molar-refractivity contribution is 5.34. The minimum absolute atomic E-state index is 0.542. The fourth-order valence-corrected chi connectivity index (χ4v) is 2.62. The highest BCUT2D eigenvalue weighted by Crippen LogP contribution is 2.33. The Morgan fingerprint density at radius 1 is 1.19 bits per heavy atom. The minimum Gasteiger partial charge on any atom is -0.371 e. The zero-order valence-electron chi connectivity index (χ0n) is 10.5. The van der Waals surface area contributed by atoms with Gasteiger partial charge in [-0.25, -0.2) is 0 Å². The van der Waals surface area contributed by atoms with E-state index in [1.165, 1.54) is 12.1 Å². The van der Waals surface area contributed by atoms with Gasteiger partial charge in [-0.05, 0) is 29.9 Å². The summed E-state index contributed by atoms with van der Waals surface area (Å²) in [5.74, 6) is 1.21. The van der Waals surface area contributed by atoms with Gasteiger partial charge >= 0.3 is 0 Å². The van der Waals surface area contributed by atoms with Gasteiger partial charge in [-0.2, -0.15) is 0 Å². The average molecular weight is 215 g/mol. The van der Waals surface area contributed by atoms with Gasteiger partial charge in [-0.3, -0.25) is 0 Å². The minimum atomic E-state index is 0.542. The predicted molar refractivity (Wildman–Crippen MR) is 70.0 cm³/mol. The lowest BCUT2D eigenvalue weighted by Gasteiger charge is -2.30. The summed E-state index contributed by atoms with van der Waals surface area (Å²) in [6.07, 6.45) is 14.6. The molecule has 0 aromatic rings. The third-order valence-electron chi connectivity index (χ3n) is 3.52. The van der Waals surface area contributed by atoms with Crippen LogP contribution in [0.5, 0.6) is 0 Å². The molecule has 0 N–H and O–H groups in total. The summed E-state index contributed by atoms with van der Waals surface area (Å²) >= 11 is 0. The van der Waals surface area contributed by atoms with E-state index in [9.17, 15) is 0 Å². The average Bonchev–Trinajstić information content (AvgIpc) is 2.32. The Balaban J connectivity index is 2.44. The molecular formula is C15H21N. The molecule has 0 fully saturated rings. The van der Waals surface area contributed by atoms with E-state index < -0.39 is 0 Å². The molecule has 1 unspecified atom stereocenters. The molecule has 86 valence electrons. The monoisotopic (exact) mass is 215 g/mol. The number of hydrogen-bond acceptors (Lipinski definition) is 1. The topological polar surface area (TPSA) is 3.24 Å². The lowest BCUT2D eigenvalue weighted by Crippen LogP contribution is -2.23. The summed E-state index contributed by atoms with van der Waals surface area (Å²) in [5, 5.41) is 0. The summed E-state index contributed by atoms with van der Waals surface area (Å²) < 4.78 is 0. The van der Waals surface area contributed by atoms with Crippen molar-refractivity contribution in [3.8, 4) is 0 Å². The Bertz CT molecular complexity index is 371. The van der Waals surface area contributed by atoms with Crippen LogP contribution >= 0.6 is 0 Å². The molecule has 2 rings (SSSR count). The van der Waals surface area contributed by atoms with E-state index in [1.807, 2.05) is 0 Å². The molecule has 1 aliphatic carbocycles. The largest absolute Gasteiger partial charge is 0.371 e. The van der Waals surface area contributed by atoms with Crippen LogP contribution in [-0.2, 0) is 0 Å². The van der Waals surface area contributed by atoms with Crippen LogP contribution in [0.2, 0.25) is 0 Å². The van der Waals surface area contributed by atoms with E-state index in [-0.39, 0.29) is 0 Å². The zero-order valence-corrected chi connectivity index (χ0v) is 10.5. The molecule has 1 heterocycles. The lowest BCUT2D eigenvalue weighted by molar-refractivity contribution is 0.445. The molecule has 1 nitrogen and oxygen atoms in total. The quantitative estimate of drug-likeness (QED) is 0.597. The molecule has 2 atom stereocenters. The maximum atomic E-state index is 2.35. The van der Waals surface area contributed by atoms with Crippen LogP contribution in [0.4, 0.5) is 0 Å². The van der Waals surface area contributed by atoms with E-state index in [0.717, 1.165) is 6.54 Å². The third kappa shape index (κ3) is 2.13. The molecule has 0 aromatic carbocycles. The van der Waals surface area contributed by atoms with Crippen molar-refractivity contribution in [2.24, 2.45) is 11.8 Å². The molecule has 0 saturated carbocycles. The fourth-order valence-electron chi connectivity index (χ4n) is 2.62. The van der Waals surface area contributed by atoms with Crippen molar-refractivity contribution in [1.29, 1.82) is 0 Å². The molecule has 0 saturated heterocycles. The normalized spacial score (nSPS) is 33.8. The van der Waals surface area contributed by atoms with Gasteiger partial charge in [0.2, 0.25) is 0 Å². The molecule has 1 aliphatic heterocycles. The predicted octanol–water partition coefficient (Wildman–Crippen LogP) is 3.53. The van der Waals surface area contributed by atoms with Crippen molar-refractivity contribution in [1.82, 2.24) is 4.90 Å². The second kappa shape index (κ2) is 4.73. The Kier molecular flexibility index (Phi) is 3.33. The van der Waals surface area contributed by atoms with E-state index >= 15 is 0 Å². The number of rotatable bonds is 0. The van der Waals surface area contributed by atoms with Gasteiger partial charge in [0.05, 0.1) is 0 Å². The summed E-state index contributed by atoms with van der Waals surface area (Å²) in [5.41, 5.74) is 3.01. The Morgan fingerprint density at radius 3 is 2.81 bits per heavy atom. The molecule has 0 aromatic heterocycles. The molecule has 0 bridgehead atoms. The standard InChI is InChI=1S/C15H21N/c1-12-8-5-4-6-11-16(3)14-10-7-9-13(2)15(12)14/h4-8,10,12-13H,9,11H2,1-3H3/b6-4-,8-5-/t12-,13?/m1/s1. The van der Waals surface area contributed by atoms with E-state index in [2.05, 4.69) is 62.3 Å². The van der Waals surface area contributed by atoms with Gasteiger partial charge in [0.1, 0.15) is 0 Å². The van der Waals surface area contributed by atoms with Crippen LogP contribution in [0.25, 0.3) is 0 Å². The van der Waals surface area contributed by atoms with Gasteiger partial charge in [-0.15, -0.1) is 0 Å². The van der Waals surface area contributed by atoms with E-state index in [0.29, 0.717) is 11.8 Å². The van der Waals surface area contributed by atoms with E-state index in [4.69, 9.17) is 0 Å². The first kappa shape index (κ1) is 11.3. The van der Waals surface area contributed by atoms with Crippen LogP contribution in [0.3, 0.4) is 0 Å². The van der Waals surface area contributed by atoms with Crippen molar-refractivity contribution in [3.05, 3.63) is 47.7 Å². The number of hydrogen-bond donors (Lipinski definition) is 0. The molecule has 1 heteroatoms. The second-order valence-corrected chi connectivity index (χ2v) is 4.86. The molecule has 16 heavy (non-hydrogen) atoms. The first-order chi connectivity index (χ1) is 7.70. The van der Waals surface area contributed by atoms with Gasteiger partial charge in [0, 0.05) is 19.3 Å². The summed E-state index contributed by atoms with van der Waals surface area (Å²) in [4.78, 5) is 2.35. The molecule has 0 amide bonds. The fraction of sp³-hybridized carbons (Fsp3) is 0.467. The van der Waals surface area contributed by atoms with Crippen molar-refractivity contribution in [2.75, 3.05) is 13.6 Å². The van der Waals surface area contributed by atoms with Crippen LogP contribution < -0.4 is 0 Å². The smallest absolute Gasteiger partial charge is 0.0363 e. The maximum Gasteiger partial charge on any atom is 0.0363 e. The van der Waals surface area contributed by atoms with Crippen LogP contribution in [-0.4, -0.2) is 18.5 Å². The third-order valence-corrected chi connectivity index (χ3v) is 3.52. The first-order valence-corrected chi connectivity index (χ1v) is 6.15. The number of nitrogens with zero attached hydrogens (tertiary/aromatic N) is 1. The van der Waals surface area contributed by atoms with Gasteiger partial charge in [-0.1, -0.05) is 44.2 Å². The molecule has 0 spiro atoms. The highest BCUT2D eigenvalue weighted by Gasteiger charge is 2.21. The van der Waals surface area contributed by atoms with E-state index in [1.54, 1.807) is 5.57 Å². The van der Waals surface area contributed by atoms with Gasteiger partial charge < -0.3 is 4.90 Å². The molecule has 2 aliphatic rings. The zero-order chi connectivity index (χ0) is 11.5. The van der Waals surface area contributed by atoms with Crippen LogP contribution in [0.15, 0.2) is 47.7 Å². The van der Waals surface area contributed by atoms with Crippen molar-refractivity contribution in [2.45, 2.75) is 20.3 Å². The molecular weight excluding hydrogens is 194 g/mol. The van der Waals surface area contributed by atoms with Gasteiger partial charge in [0.15, 0.2) is 0 Å². The second-order valence-electron chi connectivity index (χ2n) is 4.86. The number of allylic oxidation sites excluding steroid dienone is 6. The lowest BCUT2D eigenvalue weighted by atomic mass is 9.83. The van der Waals surface area contributed by atoms with Crippen molar-refractivity contribution in [3.63, 3.8) is 0 Å². The Morgan fingerprint density at radius 2 is 2.00 bits per heavy atom. The van der Waals surface area contributed by atoms with Crippen molar-refractivity contribution < 1.29 is 0 Å².